The van der Waals surface area contributed by atoms with Gasteiger partial charge in [-0.1, -0.05) is 35.9 Å². The van der Waals surface area contributed by atoms with Gasteiger partial charge in [-0.3, -0.25) is 9.10 Å². The van der Waals surface area contributed by atoms with E-state index >= 15 is 0 Å². The van der Waals surface area contributed by atoms with Gasteiger partial charge in [-0.05, 0) is 43.2 Å². The first-order chi connectivity index (χ1) is 13.8. The van der Waals surface area contributed by atoms with Crippen LogP contribution in [0.4, 0.5) is 5.69 Å². The zero-order valence-electron chi connectivity index (χ0n) is 15.8. The Morgan fingerprint density at radius 1 is 1.21 bits per heavy atom. The van der Waals surface area contributed by atoms with Gasteiger partial charge in [0.05, 0.1) is 17.0 Å². The number of amides is 1. The van der Waals surface area contributed by atoms with Crippen LogP contribution >= 0.6 is 11.6 Å². The van der Waals surface area contributed by atoms with Gasteiger partial charge in [0.1, 0.15) is 0 Å². The molecule has 1 amide bonds. The van der Waals surface area contributed by atoms with Gasteiger partial charge in [0.2, 0.25) is 10.0 Å². The highest BCUT2D eigenvalue weighted by Crippen LogP contribution is 2.25. The number of benzene rings is 2. The fourth-order valence-electron chi connectivity index (χ4n) is 2.97. The Morgan fingerprint density at radius 3 is 2.66 bits per heavy atom. The van der Waals surface area contributed by atoms with E-state index in [0.717, 1.165) is 5.56 Å². The van der Waals surface area contributed by atoms with E-state index in [-0.39, 0.29) is 17.9 Å². The highest BCUT2D eigenvalue weighted by Gasteiger charge is 2.29. The molecule has 1 heterocycles. The van der Waals surface area contributed by atoms with Crippen LogP contribution in [0, 0.1) is 0 Å². The molecule has 9 heteroatoms. The fourth-order valence-corrected chi connectivity index (χ4v) is 4.73. The molecule has 0 aromatic heterocycles. The Labute approximate surface area is 174 Å². The number of anilines is 1. The Hall–Kier alpha value is -2.58. The number of nitrogens with one attached hydrogen (secondary N) is 1. The van der Waals surface area contributed by atoms with Crippen LogP contribution < -0.4 is 9.62 Å². The number of sulfonamides is 1. The summed E-state index contributed by atoms with van der Waals surface area (Å²) in [6, 6.07) is 13.3. The predicted molar refractivity (Wildman–Crippen MR) is 110 cm³/mol. The van der Waals surface area contributed by atoms with Crippen molar-refractivity contribution in [1.29, 1.82) is 0 Å². The minimum atomic E-state index is -3.35. The number of carbonyl (C=O) groups is 2. The second kappa shape index (κ2) is 8.84. The number of rotatable bonds is 6. The largest absolute Gasteiger partial charge is 0.449 e. The molecule has 1 fully saturated rings. The third-order valence-electron chi connectivity index (χ3n) is 4.53. The average Bonchev–Trinajstić information content (AvgIpc) is 3.06. The summed E-state index contributed by atoms with van der Waals surface area (Å²) in [6.07, 6.45) is -0.483. The van der Waals surface area contributed by atoms with Crippen molar-refractivity contribution < 1.29 is 22.7 Å². The maximum absolute atomic E-state index is 12.4. The second-order valence-electron chi connectivity index (χ2n) is 6.65. The number of halogens is 1. The molecule has 0 saturated carbocycles. The maximum Gasteiger partial charge on any atom is 0.338 e. The average molecular weight is 437 g/mol. The van der Waals surface area contributed by atoms with E-state index in [0.29, 0.717) is 23.7 Å². The number of hydrogen-bond acceptors (Lipinski definition) is 5. The van der Waals surface area contributed by atoms with Crippen LogP contribution in [-0.2, 0) is 26.1 Å². The molecule has 154 valence electrons. The van der Waals surface area contributed by atoms with E-state index in [1.165, 1.54) is 23.4 Å². The molecule has 1 N–H and O–H groups in total. The minimum Gasteiger partial charge on any atom is -0.449 e. The molecule has 2 aromatic carbocycles. The number of hydrogen-bond donors (Lipinski definition) is 1. The zero-order valence-corrected chi connectivity index (χ0v) is 17.4. The van der Waals surface area contributed by atoms with Crippen molar-refractivity contribution in [3.63, 3.8) is 0 Å². The third kappa shape index (κ3) is 5.07. The van der Waals surface area contributed by atoms with Gasteiger partial charge in [-0.2, -0.15) is 0 Å². The number of ether oxygens (including phenoxy) is 1. The van der Waals surface area contributed by atoms with Crippen molar-refractivity contribution in [2.24, 2.45) is 0 Å². The van der Waals surface area contributed by atoms with Gasteiger partial charge >= 0.3 is 5.97 Å². The van der Waals surface area contributed by atoms with Gasteiger partial charge in [0, 0.05) is 18.1 Å². The summed E-state index contributed by atoms with van der Waals surface area (Å²) >= 11 is 6.06. The van der Waals surface area contributed by atoms with Crippen LogP contribution in [0.3, 0.4) is 0 Å². The van der Waals surface area contributed by atoms with Crippen molar-refractivity contribution in [2.75, 3.05) is 16.6 Å². The second-order valence-corrected chi connectivity index (χ2v) is 9.07. The van der Waals surface area contributed by atoms with E-state index in [1.54, 1.807) is 30.3 Å². The monoisotopic (exact) mass is 436 g/mol. The van der Waals surface area contributed by atoms with Crippen LogP contribution in [0.25, 0.3) is 0 Å². The van der Waals surface area contributed by atoms with Gasteiger partial charge in [-0.25, -0.2) is 13.2 Å². The van der Waals surface area contributed by atoms with Crippen LogP contribution in [0.15, 0.2) is 48.5 Å². The van der Waals surface area contributed by atoms with Crippen molar-refractivity contribution in [1.82, 2.24) is 5.32 Å². The number of carbonyl (C=O) groups excluding carboxylic acids is 2. The van der Waals surface area contributed by atoms with E-state index in [4.69, 9.17) is 16.3 Å². The molecule has 1 aliphatic heterocycles. The fraction of sp³-hybridized carbons (Fsp3) is 0.300. The normalized spacial score (nSPS) is 16.3. The first-order valence-corrected chi connectivity index (χ1v) is 11.1. The smallest absolute Gasteiger partial charge is 0.338 e. The summed E-state index contributed by atoms with van der Waals surface area (Å²) in [5.41, 5.74) is 1.34. The maximum atomic E-state index is 12.4. The first-order valence-electron chi connectivity index (χ1n) is 9.10. The molecule has 29 heavy (non-hydrogen) atoms. The summed E-state index contributed by atoms with van der Waals surface area (Å²) in [5.74, 6) is -1.08. The highest BCUT2D eigenvalue weighted by atomic mass is 35.5. The highest BCUT2D eigenvalue weighted by molar-refractivity contribution is 7.93. The minimum absolute atomic E-state index is 0.0876. The Kier molecular flexibility index (Phi) is 6.44. The van der Waals surface area contributed by atoms with Gasteiger partial charge in [0.15, 0.2) is 6.10 Å². The molecule has 0 aliphatic carbocycles. The molecule has 0 unspecified atom stereocenters. The topological polar surface area (TPSA) is 92.8 Å². The standard InChI is InChI=1S/C20H21ClN2O5S/c1-14(19(24)22-13-16-6-2-3-9-18(16)21)28-20(25)15-7-4-8-17(12-15)23-10-5-11-29(23,26)27/h2-4,6-9,12,14H,5,10-11,13H2,1H3,(H,22,24)/t14-/m1/s1. The summed E-state index contributed by atoms with van der Waals surface area (Å²) in [6.45, 7) is 2.05. The van der Waals surface area contributed by atoms with E-state index in [2.05, 4.69) is 5.32 Å². The predicted octanol–water partition coefficient (Wildman–Crippen LogP) is 2.74. The van der Waals surface area contributed by atoms with Crippen molar-refractivity contribution in [3.05, 3.63) is 64.7 Å². The molecule has 0 radical (unpaired) electrons. The van der Waals surface area contributed by atoms with Crippen LogP contribution in [-0.4, -0.2) is 38.7 Å². The molecule has 1 aliphatic rings. The van der Waals surface area contributed by atoms with E-state index in [1.807, 2.05) is 6.07 Å². The lowest BCUT2D eigenvalue weighted by atomic mass is 10.2. The summed E-state index contributed by atoms with van der Waals surface area (Å²) < 4.78 is 30.7. The molecule has 3 rings (SSSR count). The summed E-state index contributed by atoms with van der Waals surface area (Å²) in [4.78, 5) is 24.7. The SMILES string of the molecule is C[C@@H](OC(=O)c1cccc(N2CCCS2(=O)=O)c1)C(=O)NCc1ccccc1Cl. The van der Waals surface area contributed by atoms with E-state index < -0.39 is 28.0 Å². The summed E-state index contributed by atoms with van der Waals surface area (Å²) in [5, 5.41) is 3.21. The molecular formula is C20H21ClN2O5S. The third-order valence-corrected chi connectivity index (χ3v) is 6.77. The van der Waals surface area contributed by atoms with Crippen molar-refractivity contribution in [3.8, 4) is 0 Å². The Balaban J connectivity index is 1.61. The summed E-state index contributed by atoms with van der Waals surface area (Å²) in [7, 11) is -3.35. The van der Waals surface area contributed by atoms with Gasteiger partial charge < -0.3 is 10.1 Å². The molecule has 7 nitrogen and oxygen atoms in total. The van der Waals surface area contributed by atoms with Crippen LogP contribution in [0.2, 0.25) is 5.02 Å². The number of esters is 1. The molecule has 1 atom stereocenters. The molecule has 0 spiro atoms. The molecule has 1 saturated heterocycles. The quantitative estimate of drug-likeness (QED) is 0.703. The van der Waals surface area contributed by atoms with Gasteiger partial charge in [0.25, 0.3) is 5.91 Å². The lowest BCUT2D eigenvalue weighted by Crippen LogP contribution is -2.35. The zero-order chi connectivity index (χ0) is 21.0. The Bertz CT molecular complexity index is 1030. The molecule has 0 bridgehead atoms. The lowest BCUT2D eigenvalue weighted by molar-refractivity contribution is -0.129. The first kappa shape index (κ1) is 21.1. The lowest BCUT2D eigenvalue weighted by Gasteiger charge is -2.18. The molecule has 2 aromatic rings. The Morgan fingerprint density at radius 2 is 1.97 bits per heavy atom. The van der Waals surface area contributed by atoms with Crippen LogP contribution in [0.1, 0.15) is 29.3 Å². The van der Waals surface area contributed by atoms with Gasteiger partial charge in [-0.15, -0.1) is 0 Å². The van der Waals surface area contributed by atoms with Crippen LogP contribution in [0.5, 0.6) is 0 Å². The molecular weight excluding hydrogens is 416 g/mol. The number of nitrogens with zero attached hydrogens (tertiary/aromatic N) is 1. The van der Waals surface area contributed by atoms with Crippen molar-refractivity contribution in [2.45, 2.75) is 26.0 Å². The van der Waals surface area contributed by atoms with Crippen molar-refractivity contribution >= 4 is 39.2 Å². The van der Waals surface area contributed by atoms with E-state index in [9.17, 15) is 18.0 Å².